The van der Waals surface area contributed by atoms with Gasteiger partial charge in [0, 0.05) is 6.42 Å². The van der Waals surface area contributed by atoms with E-state index in [0.29, 0.717) is 13.0 Å². The van der Waals surface area contributed by atoms with Gasteiger partial charge in [0.15, 0.2) is 5.78 Å². The van der Waals surface area contributed by atoms with E-state index < -0.39 is 0 Å². The summed E-state index contributed by atoms with van der Waals surface area (Å²) in [5.74, 6) is 1.05. The third-order valence-corrected chi connectivity index (χ3v) is 2.00. The SMILES string of the molecule is O=C1CCOC2=CCCC=C12. The molecular weight excluding hydrogens is 140 g/mol. The van der Waals surface area contributed by atoms with Crippen molar-refractivity contribution < 1.29 is 9.53 Å². The molecule has 58 valence electrons. The van der Waals surface area contributed by atoms with Gasteiger partial charge in [-0.15, -0.1) is 0 Å². The Kier molecular flexibility index (Phi) is 1.53. The number of rotatable bonds is 0. The van der Waals surface area contributed by atoms with Crippen LogP contribution in [0, 0.1) is 0 Å². The fraction of sp³-hybridized carbons (Fsp3) is 0.444. The zero-order chi connectivity index (χ0) is 7.68. The number of hydrogen-bond donors (Lipinski definition) is 0. The van der Waals surface area contributed by atoms with Crippen molar-refractivity contribution in [2.24, 2.45) is 0 Å². The van der Waals surface area contributed by atoms with E-state index in [1.165, 1.54) is 0 Å². The summed E-state index contributed by atoms with van der Waals surface area (Å²) in [6, 6.07) is 0. The first-order valence-corrected chi connectivity index (χ1v) is 3.94. The Morgan fingerprint density at radius 2 is 2.09 bits per heavy atom. The number of hydrogen-bond acceptors (Lipinski definition) is 2. The summed E-state index contributed by atoms with van der Waals surface area (Å²) < 4.78 is 5.32. The van der Waals surface area contributed by atoms with Crippen molar-refractivity contribution in [1.29, 1.82) is 0 Å². The number of Topliss-reactive ketones (excluding diaryl/α,β-unsaturated/α-hetero) is 1. The molecule has 0 saturated carbocycles. The number of ether oxygens (including phenoxy) is 1. The predicted octanol–water partition coefficient (Wildman–Crippen LogP) is 1.58. The highest BCUT2D eigenvalue weighted by molar-refractivity contribution is 5.99. The summed E-state index contributed by atoms with van der Waals surface area (Å²) in [6.45, 7) is 0.558. The lowest BCUT2D eigenvalue weighted by Crippen LogP contribution is -2.18. The van der Waals surface area contributed by atoms with Gasteiger partial charge in [-0.25, -0.2) is 0 Å². The lowest BCUT2D eigenvalue weighted by molar-refractivity contribution is -0.117. The van der Waals surface area contributed by atoms with Gasteiger partial charge in [0.25, 0.3) is 0 Å². The molecule has 0 N–H and O–H groups in total. The standard InChI is InChI=1S/C9H10O2/c10-8-5-6-11-9-4-2-1-3-7(8)9/h3-4H,1-2,5-6H2. The average molecular weight is 150 g/mol. The summed E-state index contributed by atoms with van der Waals surface area (Å²) in [4.78, 5) is 11.2. The number of allylic oxidation sites excluding steroid dienone is 3. The van der Waals surface area contributed by atoms with Crippen LogP contribution in [0.1, 0.15) is 19.3 Å². The molecule has 1 saturated heterocycles. The first kappa shape index (κ1) is 6.65. The predicted molar refractivity (Wildman–Crippen MR) is 41.0 cm³/mol. The summed E-state index contributed by atoms with van der Waals surface area (Å²) in [5, 5.41) is 0. The second kappa shape index (κ2) is 2.53. The van der Waals surface area contributed by atoms with Crippen LogP contribution >= 0.6 is 0 Å². The van der Waals surface area contributed by atoms with Crippen molar-refractivity contribution >= 4 is 5.78 Å². The second-order valence-electron chi connectivity index (χ2n) is 2.79. The van der Waals surface area contributed by atoms with Crippen LogP contribution in [-0.2, 0) is 9.53 Å². The zero-order valence-corrected chi connectivity index (χ0v) is 6.30. The average Bonchev–Trinajstić information content (AvgIpc) is 2.06. The van der Waals surface area contributed by atoms with Crippen molar-refractivity contribution in [1.82, 2.24) is 0 Å². The number of carbonyl (C=O) groups is 1. The maximum absolute atomic E-state index is 11.2. The minimum Gasteiger partial charge on any atom is -0.493 e. The summed E-state index contributed by atoms with van der Waals surface area (Å²) >= 11 is 0. The third kappa shape index (κ3) is 1.09. The first-order chi connectivity index (χ1) is 5.38. The Labute approximate surface area is 65.5 Å². The molecule has 2 heteroatoms. The van der Waals surface area contributed by atoms with Crippen LogP contribution in [0.15, 0.2) is 23.5 Å². The molecular formula is C9H10O2. The third-order valence-electron chi connectivity index (χ3n) is 2.00. The maximum Gasteiger partial charge on any atom is 0.169 e. The number of ketones is 1. The van der Waals surface area contributed by atoms with E-state index in [9.17, 15) is 4.79 Å². The Bertz CT molecular complexity index is 248. The van der Waals surface area contributed by atoms with E-state index in [1.807, 2.05) is 12.2 Å². The summed E-state index contributed by atoms with van der Waals surface area (Å²) in [5.41, 5.74) is 0.808. The van der Waals surface area contributed by atoms with E-state index in [0.717, 1.165) is 24.2 Å². The monoisotopic (exact) mass is 150 g/mol. The van der Waals surface area contributed by atoms with Gasteiger partial charge in [-0.05, 0) is 18.9 Å². The van der Waals surface area contributed by atoms with Crippen LogP contribution in [0.4, 0.5) is 0 Å². The van der Waals surface area contributed by atoms with E-state index in [2.05, 4.69) is 0 Å². The molecule has 0 aromatic heterocycles. The molecule has 0 radical (unpaired) electrons. The lowest BCUT2D eigenvalue weighted by atomic mass is 9.98. The smallest absolute Gasteiger partial charge is 0.169 e. The molecule has 0 spiro atoms. The molecule has 0 amide bonds. The van der Waals surface area contributed by atoms with Gasteiger partial charge < -0.3 is 4.74 Å². The van der Waals surface area contributed by atoms with Crippen LogP contribution in [0.3, 0.4) is 0 Å². The summed E-state index contributed by atoms with van der Waals surface area (Å²) in [6.07, 6.45) is 6.52. The first-order valence-electron chi connectivity index (χ1n) is 3.94. The molecule has 2 nitrogen and oxygen atoms in total. The van der Waals surface area contributed by atoms with Crippen LogP contribution < -0.4 is 0 Å². The fourth-order valence-electron chi connectivity index (χ4n) is 1.43. The second-order valence-corrected chi connectivity index (χ2v) is 2.79. The molecule has 1 aliphatic heterocycles. The topological polar surface area (TPSA) is 26.3 Å². The van der Waals surface area contributed by atoms with Crippen molar-refractivity contribution in [3.63, 3.8) is 0 Å². The highest BCUT2D eigenvalue weighted by Gasteiger charge is 2.22. The molecule has 2 rings (SSSR count). The Morgan fingerprint density at radius 1 is 1.27 bits per heavy atom. The van der Waals surface area contributed by atoms with E-state index in [1.54, 1.807) is 0 Å². The van der Waals surface area contributed by atoms with Gasteiger partial charge in [-0.1, -0.05) is 6.08 Å². The molecule has 0 aromatic rings. The number of fused-ring (bicyclic) bond motifs is 1. The molecule has 2 aliphatic rings. The van der Waals surface area contributed by atoms with Gasteiger partial charge in [-0.3, -0.25) is 4.79 Å². The highest BCUT2D eigenvalue weighted by atomic mass is 16.5. The van der Waals surface area contributed by atoms with E-state index in [4.69, 9.17) is 4.74 Å². The normalized spacial score (nSPS) is 23.1. The van der Waals surface area contributed by atoms with Crippen molar-refractivity contribution in [3.05, 3.63) is 23.5 Å². The van der Waals surface area contributed by atoms with Crippen molar-refractivity contribution in [3.8, 4) is 0 Å². The number of carbonyl (C=O) groups excluding carboxylic acids is 1. The molecule has 0 aromatic carbocycles. The van der Waals surface area contributed by atoms with Crippen LogP contribution in [-0.4, -0.2) is 12.4 Å². The van der Waals surface area contributed by atoms with Crippen LogP contribution in [0.5, 0.6) is 0 Å². The van der Waals surface area contributed by atoms with Crippen molar-refractivity contribution in [2.45, 2.75) is 19.3 Å². The van der Waals surface area contributed by atoms with Crippen LogP contribution in [0.25, 0.3) is 0 Å². The van der Waals surface area contributed by atoms with Gasteiger partial charge >= 0.3 is 0 Å². The molecule has 11 heavy (non-hydrogen) atoms. The van der Waals surface area contributed by atoms with E-state index in [-0.39, 0.29) is 5.78 Å². The highest BCUT2D eigenvalue weighted by Crippen LogP contribution is 2.25. The molecule has 1 fully saturated rings. The zero-order valence-electron chi connectivity index (χ0n) is 6.30. The molecule has 0 unspecified atom stereocenters. The molecule has 0 bridgehead atoms. The van der Waals surface area contributed by atoms with Crippen molar-refractivity contribution in [2.75, 3.05) is 6.61 Å². The van der Waals surface area contributed by atoms with Gasteiger partial charge in [-0.2, -0.15) is 0 Å². The molecule has 1 heterocycles. The lowest BCUT2D eigenvalue weighted by Gasteiger charge is -2.20. The van der Waals surface area contributed by atoms with Gasteiger partial charge in [0.05, 0.1) is 12.2 Å². The van der Waals surface area contributed by atoms with Gasteiger partial charge in [0.2, 0.25) is 0 Å². The maximum atomic E-state index is 11.2. The quantitative estimate of drug-likeness (QED) is 0.524. The van der Waals surface area contributed by atoms with E-state index >= 15 is 0 Å². The van der Waals surface area contributed by atoms with Crippen LogP contribution in [0.2, 0.25) is 0 Å². The minimum atomic E-state index is 0.238. The largest absolute Gasteiger partial charge is 0.493 e. The summed E-state index contributed by atoms with van der Waals surface area (Å²) in [7, 11) is 0. The van der Waals surface area contributed by atoms with Gasteiger partial charge in [0.1, 0.15) is 5.76 Å². The Hall–Kier alpha value is -1.05. The molecule has 0 atom stereocenters. The minimum absolute atomic E-state index is 0.238. The Balaban J connectivity index is 2.31. The molecule has 1 aliphatic carbocycles. The Morgan fingerprint density at radius 3 is 2.91 bits per heavy atom. The fourth-order valence-corrected chi connectivity index (χ4v) is 1.43.